The summed E-state index contributed by atoms with van der Waals surface area (Å²) in [7, 11) is 0. The van der Waals surface area contributed by atoms with Crippen LogP contribution in [0.25, 0.3) is 0 Å². The van der Waals surface area contributed by atoms with E-state index in [4.69, 9.17) is 11.6 Å². The van der Waals surface area contributed by atoms with Gasteiger partial charge in [-0.05, 0) is 36.2 Å². The molecule has 4 nitrogen and oxygen atoms in total. The van der Waals surface area contributed by atoms with Crippen molar-refractivity contribution in [3.63, 3.8) is 0 Å². The van der Waals surface area contributed by atoms with E-state index < -0.39 is 0 Å². The number of amides is 2. The van der Waals surface area contributed by atoms with Gasteiger partial charge in [0.05, 0.1) is 4.34 Å². The molecule has 0 aliphatic heterocycles. The number of hydrogen-bond acceptors (Lipinski definition) is 3. The van der Waals surface area contributed by atoms with Crippen LogP contribution in [0.1, 0.15) is 10.4 Å². The molecule has 0 bridgehead atoms. The highest BCUT2D eigenvalue weighted by molar-refractivity contribution is 7.16. The summed E-state index contributed by atoms with van der Waals surface area (Å²) in [6.45, 7) is 1.10. The maximum absolute atomic E-state index is 11.6. The Morgan fingerprint density at radius 2 is 2.00 bits per heavy atom. The summed E-state index contributed by atoms with van der Waals surface area (Å²) in [6, 6.07) is 7.41. The minimum atomic E-state index is -0.167. The number of nitrogens with zero attached hydrogens (tertiary/aromatic N) is 1. The third-order valence-electron chi connectivity index (χ3n) is 2.49. The average molecular weight is 296 g/mol. The molecule has 6 heteroatoms. The summed E-state index contributed by atoms with van der Waals surface area (Å²) in [6.07, 6.45) is 4.20. The highest BCUT2D eigenvalue weighted by Gasteiger charge is 2.01. The molecule has 100 valence electrons. The Bertz CT molecular complexity index is 530. The second-order valence-corrected chi connectivity index (χ2v) is 5.72. The van der Waals surface area contributed by atoms with Crippen molar-refractivity contribution < 1.29 is 4.79 Å². The Balaban J connectivity index is 1.65. The van der Waals surface area contributed by atoms with E-state index in [1.54, 1.807) is 12.4 Å². The van der Waals surface area contributed by atoms with Crippen LogP contribution in [-0.2, 0) is 13.0 Å². The normalized spacial score (nSPS) is 10.2. The van der Waals surface area contributed by atoms with Gasteiger partial charge in [-0.15, -0.1) is 11.3 Å². The molecule has 19 heavy (non-hydrogen) atoms. The lowest BCUT2D eigenvalue weighted by molar-refractivity contribution is 0.240. The van der Waals surface area contributed by atoms with Crippen LogP contribution in [0.15, 0.2) is 36.7 Å². The van der Waals surface area contributed by atoms with Gasteiger partial charge in [-0.3, -0.25) is 4.98 Å². The molecule has 2 aromatic rings. The first kappa shape index (κ1) is 13.8. The first-order chi connectivity index (χ1) is 9.24. The summed E-state index contributed by atoms with van der Waals surface area (Å²) in [4.78, 5) is 16.6. The van der Waals surface area contributed by atoms with Gasteiger partial charge < -0.3 is 10.6 Å². The lowest BCUT2D eigenvalue weighted by Gasteiger charge is -2.06. The molecular formula is C13H14ClN3OS. The fourth-order valence-corrected chi connectivity index (χ4v) is 2.62. The molecule has 0 aromatic carbocycles. The van der Waals surface area contributed by atoms with Crippen LogP contribution in [0.4, 0.5) is 4.79 Å². The van der Waals surface area contributed by atoms with Crippen molar-refractivity contribution in [2.75, 3.05) is 6.54 Å². The quantitative estimate of drug-likeness (QED) is 0.891. The lowest BCUT2D eigenvalue weighted by Crippen LogP contribution is -2.36. The van der Waals surface area contributed by atoms with E-state index in [1.165, 1.54) is 16.2 Å². The summed E-state index contributed by atoms with van der Waals surface area (Å²) in [5.74, 6) is 0. The Labute approximate surface area is 120 Å². The minimum absolute atomic E-state index is 0.167. The Hall–Kier alpha value is -1.59. The zero-order valence-electron chi connectivity index (χ0n) is 10.2. The number of aromatic nitrogens is 1. The van der Waals surface area contributed by atoms with Crippen molar-refractivity contribution in [1.29, 1.82) is 0 Å². The molecule has 0 aliphatic rings. The van der Waals surface area contributed by atoms with Gasteiger partial charge in [0.2, 0.25) is 0 Å². The number of urea groups is 1. The van der Waals surface area contributed by atoms with E-state index >= 15 is 0 Å². The van der Waals surface area contributed by atoms with E-state index in [1.807, 2.05) is 24.3 Å². The molecule has 0 aliphatic carbocycles. The molecule has 0 atom stereocenters. The van der Waals surface area contributed by atoms with Gasteiger partial charge in [0.1, 0.15) is 0 Å². The van der Waals surface area contributed by atoms with Crippen LogP contribution in [0.3, 0.4) is 0 Å². The number of carbonyl (C=O) groups is 1. The third-order valence-corrected chi connectivity index (χ3v) is 3.78. The zero-order chi connectivity index (χ0) is 13.5. The van der Waals surface area contributed by atoms with Crippen LogP contribution < -0.4 is 10.6 Å². The predicted octanol–water partition coefficient (Wildman–Crippen LogP) is 2.84. The number of nitrogens with one attached hydrogen (secondary N) is 2. The van der Waals surface area contributed by atoms with Crippen LogP contribution in [0.5, 0.6) is 0 Å². The van der Waals surface area contributed by atoms with Gasteiger partial charge in [0.15, 0.2) is 0 Å². The SMILES string of the molecule is O=C(NCCc1ccc(Cl)s1)NCc1ccncc1. The molecule has 0 saturated heterocycles. The standard InChI is InChI=1S/C13H14ClN3OS/c14-12-2-1-11(19-12)5-8-16-13(18)17-9-10-3-6-15-7-4-10/h1-4,6-7H,5,8-9H2,(H2,16,17,18). The highest BCUT2D eigenvalue weighted by Crippen LogP contribution is 2.21. The first-order valence-corrected chi connectivity index (χ1v) is 7.08. The van der Waals surface area contributed by atoms with Crippen LogP contribution in [0, 0.1) is 0 Å². The molecular weight excluding hydrogens is 282 g/mol. The molecule has 0 fully saturated rings. The second kappa shape index (κ2) is 7.11. The number of rotatable bonds is 5. The van der Waals surface area contributed by atoms with Crippen molar-refractivity contribution in [2.24, 2.45) is 0 Å². The molecule has 2 rings (SSSR count). The number of pyridine rings is 1. The van der Waals surface area contributed by atoms with Crippen molar-refractivity contribution in [1.82, 2.24) is 15.6 Å². The van der Waals surface area contributed by atoms with Gasteiger partial charge in [0, 0.05) is 30.4 Å². The smallest absolute Gasteiger partial charge is 0.315 e. The average Bonchev–Trinajstić information content (AvgIpc) is 2.83. The molecule has 2 amide bonds. The Morgan fingerprint density at radius 1 is 1.21 bits per heavy atom. The van der Waals surface area contributed by atoms with Gasteiger partial charge in [-0.2, -0.15) is 0 Å². The van der Waals surface area contributed by atoms with E-state index in [-0.39, 0.29) is 6.03 Å². The summed E-state index contributed by atoms with van der Waals surface area (Å²) >= 11 is 7.37. The maximum Gasteiger partial charge on any atom is 0.315 e. The number of carbonyl (C=O) groups excluding carboxylic acids is 1. The molecule has 0 radical (unpaired) electrons. The largest absolute Gasteiger partial charge is 0.338 e. The molecule has 0 saturated carbocycles. The van der Waals surface area contributed by atoms with Crippen molar-refractivity contribution in [3.05, 3.63) is 51.4 Å². The van der Waals surface area contributed by atoms with Gasteiger partial charge in [-0.1, -0.05) is 11.6 Å². The van der Waals surface area contributed by atoms with Crippen LogP contribution in [0.2, 0.25) is 4.34 Å². The molecule has 2 aromatic heterocycles. The van der Waals surface area contributed by atoms with Crippen molar-refractivity contribution >= 4 is 29.0 Å². The fraction of sp³-hybridized carbons (Fsp3) is 0.231. The maximum atomic E-state index is 11.6. The Kier molecular flexibility index (Phi) is 5.18. The second-order valence-electron chi connectivity index (χ2n) is 3.92. The van der Waals surface area contributed by atoms with Gasteiger partial charge in [0.25, 0.3) is 0 Å². The van der Waals surface area contributed by atoms with Crippen molar-refractivity contribution in [3.8, 4) is 0 Å². The van der Waals surface area contributed by atoms with E-state index in [0.29, 0.717) is 13.1 Å². The number of hydrogen-bond donors (Lipinski definition) is 2. The van der Waals surface area contributed by atoms with E-state index in [2.05, 4.69) is 15.6 Å². The van der Waals surface area contributed by atoms with Crippen molar-refractivity contribution in [2.45, 2.75) is 13.0 Å². The number of halogens is 1. The molecule has 2 heterocycles. The number of thiophene rings is 1. The third kappa shape index (κ3) is 4.89. The summed E-state index contributed by atoms with van der Waals surface area (Å²) < 4.78 is 0.775. The van der Waals surface area contributed by atoms with Crippen LogP contribution in [-0.4, -0.2) is 17.6 Å². The highest BCUT2D eigenvalue weighted by atomic mass is 35.5. The predicted molar refractivity (Wildman–Crippen MR) is 77.5 cm³/mol. The van der Waals surface area contributed by atoms with Gasteiger partial charge >= 0.3 is 6.03 Å². The van der Waals surface area contributed by atoms with E-state index in [9.17, 15) is 4.79 Å². The summed E-state index contributed by atoms with van der Waals surface area (Å²) in [5.41, 5.74) is 1.02. The lowest BCUT2D eigenvalue weighted by atomic mass is 10.3. The fourth-order valence-electron chi connectivity index (χ4n) is 1.53. The monoisotopic (exact) mass is 295 g/mol. The first-order valence-electron chi connectivity index (χ1n) is 5.89. The van der Waals surface area contributed by atoms with E-state index in [0.717, 1.165) is 16.3 Å². The molecule has 2 N–H and O–H groups in total. The minimum Gasteiger partial charge on any atom is -0.338 e. The Morgan fingerprint density at radius 3 is 2.68 bits per heavy atom. The van der Waals surface area contributed by atoms with Crippen LogP contribution >= 0.6 is 22.9 Å². The zero-order valence-corrected chi connectivity index (χ0v) is 11.8. The molecule has 0 spiro atoms. The topological polar surface area (TPSA) is 54.0 Å². The van der Waals surface area contributed by atoms with Gasteiger partial charge in [-0.25, -0.2) is 4.79 Å². The summed E-state index contributed by atoms with van der Waals surface area (Å²) in [5, 5.41) is 5.60. The molecule has 0 unspecified atom stereocenters.